The van der Waals surface area contributed by atoms with Crippen molar-refractivity contribution in [3.05, 3.63) is 119 Å². The fourth-order valence-corrected chi connectivity index (χ4v) is 4.22. The molecule has 0 unspecified atom stereocenters. The molecule has 0 aliphatic heterocycles. The molecule has 1 amide bonds. The van der Waals surface area contributed by atoms with E-state index in [9.17, 15) is 13.2 Å². The standard InChI is InChI=1S/C26H23N3O3S.K/c27-24-16-15-22(26(30)29-33(31,32)23-9-5-2-6-10-23)17-25(24)28-18-19-11-13-21(14-12-19)20-7-3-1-4-8-20;/h1-17,28H,18H2,(H3,27,29,30);/q;+1/p-1. The van der Waals surface area contributed by atoms with Gasteiger partial charge in [0.15, 0.2) is 0 Å². The summed E-state index contributed by atoms with van der Waals surface area (Å²) in [6.07, 6.45) is 0. The van der Waals surface area contributed by atoms with Crippen LogP contribution < -0.4 is 62.4 Å². The molecule has 0 aromatic heterocycles. The number of carbonyl (C=O) groups excluding carboxylic acids is 1. The molecule has 0 aliphatic carbocycles. The minimum Gasteiger partial charge on any atom is -0.538 e. The summed E-state index contributed by atoms with van der Waals surface area (Å²) in [5.74, 6) is -0.853. The number of nitrogen functional groups attached to an aromatic ring is 1. The number of sulfonamides is 1. The number of nitrogens with two attached hydrogens (primary N) is 1. The van der Waals surface area contributed by atoms with Crippen LogP contribution in [0.3, 0.4) is 0 Å². The van der Waals surface area contributed by atoms with Crippen LogP contribution in [-0.4, -0.2) is 14.3 Å². The van der Waals surface area contributed by atoms with Crippen LogP contribution in [0.4, 0.5) is 11.4 Å². The molecule has 0 atom stereocenters. The Morgan fingerprint density at radius 2 is 1.38 bits per heavy atom. The first kappa shape index (κ1) is 26.1. The third-order valence-corrected chi connectivity index (χ3v) is 6.36. The van der Waals surface area contributed by atoms with E-state index in [1.165, 1.54) is 24.3 Å². The predicted molar refractivity (Wildman–Crippen MR) is 131 cm³/mol. The van der Waals surface area contributed by atoms with Crippen molar-refractivity contribution >= 4 is 27.3 Å². The van der Waals surface area contributed by atoms with Crippen LogP contribution in [0.2, 0.25) is 0 Å². The molecular formula is C26H22KN3O3S. The Balaban J connectivity index is 0.00000324. The van der Waals surface area contributed by atoms with Gasteiger partial charge in [0, 0.05) is 12.1 Å². The maximum absolute atomic E-state index is 12.5. The van der Waals surface area contributed by atoms with E-state index in [4.69, 9.17) is 5.73 Å². The van der Waals surface area contributed by atoms with Gasteiger partial charge >= 0.3 is 51.4 Å². The van der Waals surface area contributed by atoms with Gasteiger partial charge in [-0.25, -0.2) is 8.42 Å². The van der Waals surface area contributed by atoms with E-state index < -0.39 is 15.9 Å². The van der Waals surface area contributed by atoms with Crippen molar-refractivity contribution in [2.24, 2.45) is 0 Å². The van der Waals surface area contributed by atoms with Crippen LogP contribution in [0.15, 0.2) is 108 Å². The van der Waals surface area contributed by atoms with Gasteiger partial charge in [0.1, 0.15) is 10.0 Å². The summed E-state index contributed by atoms with van der Waals surface area (Å²) in [4.78, 5) is 12.5. The van der Waals surface area contributed by atoms with E-state index in [1.54, 1.807) is 24.3 Å². The zero-order valence-corrected chi connectivity index (χ0v) is 22.6. The molecule has 0 bridgehead atoms. The average Bonchev–Trinajstić information content (AvgIpc) is 2.84. The quantitative estimate of drug-likeness (QED) is 0.303. The van der Waals surface area contributed by atoms with Crippen LogP contribution in [0, 0.1) is 0 Å². The van der Waals surface area contributed by atoms with Gasteiger partial charge in [-0.3, -0.25) is 0 Å². The predicted octanol–water partition coefficient (Wildman–Crippen LogP) is 2.45. The maximum Gasteiger partial charge on any atom is 1.00 e. The van der Waals surface area contributed by atoms with Crippen molar-refractivity contribution in [3.8, 4) is 11.1 Å². The second-order valence-electron chi connectivity index (χ2n) is 7.40. The molecule has 0 saturated heterocycles. The topological polar surface area (TPSA) is 103 Å². The average molecular weight is 496 g/mol. The van der Waals surface area contributed by atoms with Crippen LogP contribution in [0.1, 0.15) is 15.9 Å². The molecule has 166 valence electrons. The van der Waals surface area contributed by atoms with Crippen molar-refractivity contribution in [2.45, 2.75) is 11.4 Å². The monoisotopic (exact) mass is 495 g/mol. The van der Waals surface area contributed by atoms with E-state index in [2.05, 4.69) is 22.2 Å². The molecule has 4 rings (SSSR count). The number of rotatable bonds is 7. The SMILES string of the molecule is Nc1ccc(C(=O)[N-]S(=O)(=O)c2ccccc2)cc1NCc1ccc(-c2ccccc2)cc1.[K+]. The number of amides is 1. The van der Waals surface area contributed by atoms with E-state index in [0.717, 1.165) is 16.7 Å². The number of hydrogen-bond acceptors (Lipinski definition) is 5. The molecule has 6 nitrogen and oxygen atoms in total. The molecule has 4 aromatic carbocycles. The molecule has 0 radical (unpaired) electrons. The molecule has 3 N–H and O–H groups in total. The number of anilines is 2. The van der Waals surface area contributed by atoms with Gasteiger partial charge in [0.25, 0.3) is 0 Å². The van der Waals surface area contributed by atoms with Crippen molar-refractivity contribution in [3.63, 3.8) is 0 Å². The minimum absolute atomic E-state index is 0. The summed E-state index contributed by atoms with van der Waals surface area (Å²) in [5, 5.41) is 3.21. The largest absolute Gasteiger partial charge is 1.00 e. The zero-order valence-electron chi connectivity index (χ0n) is 18.7. The van der Waals surface area contributed by atoms with Crippen molar-refractivity contribution < 1.29 is 64.6 Å². The van der Waals surface area contributed by atoms with E-state index >= 15 is 0 Å². The summed E-state index contributed by atoms with van der Waals surface area (Å²) in [6, 6.07) is 30.4. The second-order valence-corrected chi connectivity index (χ2v) is 9.01. The Kier molecular flexibility index (Phi) is 9.07. The van der Waals surface area contributed by atoms with Crippen LogP contribution in [-0.2, 0) is 16.6 Å². The molecule has 0 fully saturated rings. The Hall–Kier alpha value is -2.46. The summed E-state index contributed by atoms with van der Waals surface area (Å²) in [7, 11) is -4.09. The maximum atomic E-state index is 12.5. The Bertz CT molecular complexity index is 1360. The van der Waals surface area contributed by atoms with Crippen LogP contribution in [0.25, 0.3) is 15.8 Å². The Labute approximate surface area is 242 Å². The first-order valence-electron chi connectivity index (χ1n) is 10.3. The van der Waals surface area contributed by atoms with E-state index in [-0.39, 0.29) is 61.8 Å². The molecule has 0 aliphatic rings. The Morgan fingerprint density at radius 3 is 2.03 bits per heavy atom. The fraction of sp³-hybridized carbons (Fsp3) is 0.0385. The van der Waals surface area contributed by atoms with Crippen LogP contribution >= 0.6 is 0 Å². The second kappa shape index (κ2) is 11.8. The zero-order chi connectivity index (χ0) is 23.3. The summed E-state index contributed by atoms with van der Waals surface area (Å²) in [5.41, 5.74) is 10.4. The van der Waals surface area contributed by atoms with Crippen molar-refractivity contribution in [2.75, 3.05) is 11.1 Å². The number of carbonyl (C=O) groups is 1. The summed E-state index contributed by atoms with van der Waals surface area (Å²) >= 11 is 0. The van der Waals surface area contributed by atoms with Gasteiger partial charge < -0.3 is 20.6 Å². The Morgan fingerprint density at radius 1 is 0.794 bits per heavy atom. The molecule has 0 heterocycles. The van der Waals surface area contributed by atoms with Crippen molar-refractivity contribution in [1.29, 1.82) is 0 Å². The van der Waals surface area contributed by atoms with Gasteiger partial charge in [0.2, 0.25) is 0 Å². The third kappa shape index (κ3) is 6.56. The minimum atomic E-state index is -4.09. The summed E-state index contributed by atoms with van der Waals surface area (Å²) in [6.45, 7) is 0.483. The first-order valence-corrected chi connectivity index (χ1v) is 11.7. The van der Waals surface area contributed by atoms with Gasteiger partial charge in [-0.2, -0.15) is 0 Å². The molecular weight excluding hydrogens is 473 g/mol. The van der Waals surface area contributed by atoms with Gasteiger partial charge in [-0.15, -0.1) is 0 Å². The summed E-state index contributed by atoms with van der Waals surface area (Å²) < 4.78 is 28.2. The molecule has 0 saturated carbocycles. The molecule has 4 aromatic rings. The number of benzene rings is 4. The number of nitrogens with zero attached hydrogens (tertiary/aromatic N) is 1. The van der Waals surface area contributed by atoms with Gasteiger partial charge in [0.05, 0.1) is 22.2 Å². The molecule has 8 heteroatoms. The van der Waals surface area contributed by atoms with E-state index in [0.29, 0.717) is 17.9 Å². The number of hydrogen-bond donors (Lipinski definition) is 2. The van der Waals surface area contributed by atoms with Crippen LogP contribution in [0.5, 0.6) is 0 Å². The fourth-order valence-electron chi connectivity index (χ4n) is 3.29. The molecule has 34 heavy (non-hydrogen) atoms. The number of nitrogens with one attached hydrogen (secondary N) is 1. The van der Waals surface area contributed by atoms with Gasteiger partial charge in [-0.05, 0) is 41.0 Å². The van der Waals surface area contributed by atoms with Crippen molar-refractivity contribution in [1.82, 2.24) is 0 Å². The first-order chi connectivity index (χ1) is 15.9. The smallest absolute Gasteiger partial charge is 0.538 e. The van der Waals surface area contributed by atoms with E-state index in [1.807, 2.05) is 42.5 Å². The molecule has 0 spiro atoms. The normalized spacial score (nSPS) is 10.7. The van der Waals surface area contributed by atoms with Gasteiger partial charge in [-0.1, -0.05) is 78.9 Å². The third-order valence-electron chi connectivity index (χ3n) is 5.09.